The molecule has 0 radical (unpaired) electrons. The average molecular weight is 1760 g/mol. The summed E-state index contributed by atoms with van der Waals surface area (Å²) in [5.41, 5.74) is 23.6. The molecule has 20 heterocycles. The van der Waals surface area contributed by atoms with Crippen molar-refractivity contribution in [2.75, 3.05) is 39.6 Å². The van der Waals surface area contributed by atoms with Gasteiger partial charge >= 0.3 is 35.8 Å². The van der Waals surface area contributed by atoms with Crippen LogP contribution >= 0.6 is 0 Å². The van der Waals surface area contributed by atoms with Gasteiger partial charge in [-0.15, -0.1) is 0 Å². The van der Waals surface area contributed by atoms with Crippen LogP contribution in [0.25, 0.3) is 145 Å². The summed E-state index contributed by atoms with van der Waals surface area (Å²) in [6.07, 6.45) is 39.7. The molecule has 0 atom stereocenters. The highest BCUT2D eigenvalue weighted by Crippen LogP contribution is 2.35. The van der Waals surface area contributed by atoms with Crippen molar-refractivity contribution in [2.24, 2.45) is 0 Å². The Hall–Kier alpha value is -17.0. The molecule has 10 aromatic heterocycles. The van der Waals surface area contributed by atoms with E-state index in [9.17, 15) is 28.8 Å². The number of aryl methyl sites for hydroxylation is 8. The average Bonchev–Trinajstić information content (AvgIpc) is 1.64. The van der Waals surface area contributed by atoms with Crippen LogP contribution in [0, 0.1) is 61.2 Å². The van der Waals surface area contributed by atoms with Crippen LogP contribution in [0.1, 0.15) is 181 Å². The topological polar surface area (TPSA) is 348 Å². The highest BCUT2D eigenvalue weighted by Gasteiger charge is 2.24. The summed E-state index contributed by atoms with van der Waals surface area (Å²) < 4.78 is 36.0. The Kier molecular flexibility index (Phi) is 27.1. The maximum Gasteiger partial charge on any atom is 0.306 e. The number of ether oxygens (including phenoxy) is 6. The molecule has 6 N–H and O–H groups in total. The third-order valence-electron chi connectivity index (χ3n) is 23.1. The Morgan fingerprint density at radius 3 is 1.15 bits per heavy atom. The second kappa shape index (κ2) is 41.0. The molecule has 26 nitrogen and oxygen atoms in total. The highest BCUT2D eigenvalue weighted by atomic mass is 16.6. The van der Waals surface area contributed by atoms with Crippen molar-refractivity contribution in [1.29, 1.82) is 0 Å². The first-order chi connectivity index (χ1) is 65.1. The first kappa shape index (κ1) is 88.1. The lowest BCUT2D eigenvalue weighted by atomic mass is 10.1. The van der Waals surface area contributed by atoms with Crippen molar-refractivity contribution in [3.63, 3.8) is 0 Å². The summed E-state index contributed by atoms with van der Waals surface area (Å²) in [6.45, 7) is 13.1. The number of hydrogen-bond acceptors (Lipinski definition) is 19. The van der Waals surface area contributed by atoms with Gasteiger partial charge in [-0.25, -0.2) is 34.9 Å². The minimum atomic E-state index is -0.487. The van der Waals surface area contributed by atoms with Gasteiger partial charge in [-0.2, -0.15) is 0 Å². The SMILES string of the molecule is C=CCOC(=O)CCc1c2nc(c(-n3ccnc3)c3ccc([nH]3)c(CCC(=O)OCC=C)c3nc(c(C#CC#Cc4c5nc(c6c7ccc([nH]7)c(C)c7nc(c(c8ccc4[nH]8)CCC(=O)OCC=CCOC(=O)CCc4c8nc(c(C#CC#CC)c9ccc([nH]9)c(c9nc(c(C)c%10ccc4[nH]%10)C=C9)CCC(=O)OCCC=CCOC(=O)CC6)C=C8)C=C7)C=C5)c4ccc1[nH]4)C=C3)C=C2. The molecule has 10 aliphatic rings. The van der Waals surface area contributed by atoms with Crippen LogP contribution in [-0.2, 0) is 95.7 Å². The van der Waals surface area contributed by atoms with Crippen LogP contribution in [0.2, 0.25) is 0 Å². The first-order valence-electron chi connectivity index (χ1n) is 43.8. The molecule has 0 saturated carbocycles. The van der Waals surface area contributed by atoms with Gasteiger partial charge < -0.3 is 62.9 Å². The molecule has 660 valence electrons. The number of nitrogens with zero attached hydrogens (tertiary/aromatic N) is 8. The van der Waals surface area contributed by atoms with Crippen LogP contribution in [0.3, 0.4) is 0 Å². The van der Waals surface area contributed by atoms with Gasteiger partial charge in [0.1, 0.15) is 33.0 Å². The minimum Gasteiger partial charge on any atom is -0.465 e. The predicted octanol–water partition coefficient (Wildman–Crippen LogP) is 17.6. The van der Waals surface area contributed by atoms with E-state index in [-0.39, 0.29) is 117 Å². The molecule has 28 bridgehead atoms. The lowest BCUT2D eigenvalue weighted by molar-refractivity contribution is -0.144. The summed E-state index contributed by atoms with van der Waals surface area (Å²) in [7, 11) is 0. The largest absolute Gasteiger partial charge is 0.465 e. The van der Waals surface area contributed by atoms with Crippen molar-refractivity contribution in [2.45, 2.75) is 104 Å². The van der Waals surface area contributed by atoms with Gasteiger partial charge in [0.2, 0.25) is 0 Å². The van der Waals surface area contributed by atoms with Crippen molar-refractivity contribution >= 4 is 175 Å². The van der Waals surface area contributed by atoms with Crippen LogP contribution in [-0.4, -0.2) is 145 Å². The summed E-state index contributed by atoms with van der Waals surface area (Å²) in [4.78, 5) is 139. The number of rotatable bonds is 11. The van der Waals surface area contributed by atoms with Crippen LogP contribution in [0.5, 0.6) is 0 Å². The summed E-state index contributed by atoms with van der Waals surface area (Å²) in [6, 6.07) is 23.2. The summed E-state index contributed by atoms with van der Waals surface area (Å²) >= 11 is 0. The second-order valence-corrected chi connectivity index (χ2v) is 31.6. The van der Waals surface area contributed by atoms with Gasteiger partial charge in [-0.3, -0.25) is 28.8 Å². The fourth-order valence-corrected chi connectivity index (χ4v) is 16.3. The minimum absolute atomic E-state index is 0.00524. The Morgan fingerprint density at radius 1 is 0.391 bits per heavy atom. The van der Waals surface area contributed by atoms with E-state index in [1.54, 1.807) is 37.7 Å². The molecule has 0 aliphatic carbocycles. The molecule has 20 rings (SSSR count). The Bertz CT molecular complexity index is 7550. The fourth-order valence-electron chi connectivity index (χ4n) is 16.3. The van der Waals surface area contributed by atoms with Crippen molar-refractivity contribution < 1.29 is 57.2 Å². The Labute approximate surface area is 764 Å². The number of esters is 6. The number of aromatic nitrogens is 14. The zero-order chi connectivity index (χ0) is 91.7. The molecule has 26 heteroatoms. The van der Waals surface area contributed by atoms with E-state index < -0.39 is 35.8 Å². The van der Waals surface area contributed by atoms with Crippen LogP contribution < -0.4 is 0 Å². The number of carbonyl (C=O) groups excluding carboxylic acids is 6. The molecule has 0 spiro atoms. The Balaban J connectivity index is 0.735. The molecule has 0 unspecified atom stereocenters. The van der Waals surface area contributed by atoms with Gasteiger partial charge in [0.15, 0.2) is 0 Å². The van der Waals surface area contributed by atoms with E-state index in [2.05, 4.69) is 95.4 Å². The molecule has 0 saturated heterocycles. The van der Waals surface area contributed by atoms with E-state index in [1.807, 2.05) is 176 Å². The highest BCUT2D eigenvalue weighted by molar-refractivity contribution is 5.92. The number of imidazole rings is 1. The molecule has 10 aromatic rings. The van der Waals surface area contributed by atoms with Gasteiger partial charge in [0.25, 0.3) is 0 Å². The standard InChI is InChI=1S/C107H90N14O12/c1-6-9-11-18-68-81-35-41-91(113-81)71-23-53-103(124)130-61-14-10-15-62-131-104(125)54-24-72-88-32-28-78(110-88)67(5)80-30-34-90(112-80)74(26-56-106(127)133-64-17-16-63-132-105(126)55-25-73(92-42-36-82(68)114-92)89-33-29-79(111-89)66(4)77-27-31-87(71)109-77)94-44-38-84(116-94)69(83-37-43-93(72)115-83)19-12-13-20-70-85-39-45-95(117-85)75(21-51-101(122)128-59-7-2)97-47-49-99(119-97)107(121-58-57-108-65-121)100-50-48-98(120-100)76(96-46-40-86(70)118-96)22-52-102(123)129-60-8-3/h7-8,10,15-17,27-50,57-58,65,110-111,113,116-117,120H,2-3,14,21-26,51-56,59-64H2,1,4-5H3. The monoisotopic (exact) mass is 1760 g/mol. The van der Waals surface area contributed by atoms with Gasteiger partial charge in [0, 0.05) is 128 Å². The fraction of sp³-hybridized carbons (Fsp3) is 0.206. The number of fused-ring (bicyclic) bond motifs is 8. The molecule has 0 aromatic carbocycles. The van der Waals surface area contributed by atoms with Gasteiger partial charge in [-0.05, 0) is 276 Å². The van der Waals surface area contributed by atoms with Gasteiger partial charge in [-0.1, -0.05) is 43.4 Å². The molecule has 0 amide bonds. The number of H-pyrrole nitrogens is 6. The Morgan fingerprint density at radius 2 is 0.722 bits per heavy atom. The lowest BCUT2D eigenvalue weighted by Gasteiger charge is -2.06. The van der Waals surface area contributed by atoms with Crippen molar-refractivity contribution in [1.82, 2.24) is 69.4 Å². The second-order valence-electron chi connectivity index (χ2n) is 31.6. The van der Waals surface area contributed by atoms with Crippen molar-refractivity contribution in [3.05, 3.63) is 271 Å². The van der Waals surface area contributed by atoms with E-state index in [1.165, 1.54) is 12.2 Å². The number of aromatic amines is 6. The van der Waals surface area contributed by atoms with Crippen LogP contribution in [0.4, 0.5) is 0 Å². The van der Waals surface area contributed by atoms with E-state index in [0.717, 1.165) is 61.1 Å². The van der Waals surface area contributed by atoms with E-state index >= 15 is 0 Å². The zero-order valence-corrected chi connectivity index (χ0v) is 73.4. The summed E-state index contributed by atoms with van der Waals surface area (Å²) in [5, 5.41) is 0. The first-order valence-corrected chi connectivity index (χ1v) is 43.8. The number of hydrogen-bond donors (Lipinski definition) is 6. The summed E-state index contributed by atoms with van der Waals surface area (Å²) in [5.74, 6) is 22.4. The number of nitrogens with one attached hydrogen (secondary N) is 6. The number of carbonyl (C=O) groups is 6. The third-order valence-corrected chi connectivity index (χ3v) is 23.1. The normalized spacial score (nSPS) is 14.0. The molecule has 0 fully saturated rings. The maximum atomic E-state index is 14.0. The smallest absolute Gasteiger partial charge is 0.306 e. The quantitative estimate of drug-likeness (QED) is 0.0303. The van der Waals surface area contributed by atoms with E-state index in [4.69, 9.17) is 58.3 Å². The third kappa shape index (κ3) is 20.6. The molecular weight excluding hydrogens is 1670 g/mol. The molecule has 10 aliphatic heterocycles. The van der Waals surface area contributed by atoms with Gasteiger partial charge in [0.05, 0.1) is 126 Å². The van der Waals surface area contributed by atoms with E-state index in [0.29, 0.717) is 147 Å². The molecular formula is C107H90N14O12. The van der Waals surface area contributed by atoms with Crippen molar-refractivity contribution in [3.8, 4) is 53.1 Å². The molecule has 133 heavy (non-hydrogen) atoms. The van der Waals surface area contributed by atoms with Crippen LogP contribution in [0.15, 0.2) is 141 Å². The maximum absolute atomic E-state index is 14.0. The predicted molar refractivity (Wildman–Crippen MR) is 516 cm³/mol. The lowest BCUT2D eigenvalue weighted by Crippen LogP contribution is -2.08. The zero-order valence-electron chi connectivity index (χ0n) is 73.4.